The van der Waals surface area contributed by atoms with Crippen LogP contribution in [0.3, 0.4) is 0 Å². The normalized spacial score (nSPS) is 35.8. The maximum absolute atomic E-state index is 12.0. The standard InChI is InChI=1S/C20H34O11/c1-2-3-4-5-6-7-8-20(16(27)15(26)18(28)31-20)19(29,10-22)17-14(25)13(24)12(23)11(9-21)30-17/h11-14,17,21-27,29H,2-10H2,1H3/t11-,12-,13+,14-,17?,19-,20+/m1/s1. The summed E-state index contributed by atoms with van der Waals surface area (Å²) in [5.74, 6) is -3.51. The van der Waals surface area contributed by atoms with Crippen molar-refractivity contribution in [1.29, 1.82) is 0 Å². The van der Waals surface area contributed by atoms with Gasteiger partial charge in [-0.3, -0.25) is 0 Å². The Hall–Kier alpha value is -1.47. The molecule has 0 aromatic heterocycles. The van der Waals surface area contributed by atoms with E-state index < -0.39 is 72.4 Å². The van der Waals surface area contributed by atoms with Gasteiger partial charge in [-0.05, 0) is 12.8 Å². The highest BCUT2D eigenvalue weighted by molar-refractivity contribution is 5.90. The molecule has 1 saturated heterocycles. The van der Waals surface area contributed by atoms with Crippen LogP contribution < -0.4 is 0 Å². The highest BCUT2D eigenvalue weighted by Gasteiger charge is 2.68. The third-order valence-corrected chi connectivity index (χ3v) is 6.25. The van der Waals surface area contributed by atoms with Crippen molar-refractivity contribution in [3.8, 4) is 0 Å². The van der Waals surface area contributed by atoms with Gasteiger partial charge < -0.3 is 50.3 Å². The Kier molecular flexibility index (Phi) is 8.68. The highest BCUT2D eigenvalue weighted by atomic mass is 16.6. The average Bonchev–Trinajstić information content (AvgIpc) is 2.98. The Balaban J connectivity index is 2.39. The minimum Gasteiger partial charge on any atom is -0.505 e. The zero-order valence-electron chi connectivity index (χ0n) is 17.6. The fourth-order valence-electron chi connectivity index (χ4n) is 4.32. The van der Waals surface area contributed by atoms with Crippen molar-refractivity contribution in [2.45, 2.75) is 93.6 Å². The van der Waals surface area contributed by atoms with E-state index in [0.29, 0.717) is 12.8 Å². The summed E-state index contributed by atoms with van der Waals surface area (Å²) in [6, 6.07) is 0. The summed E-state index contributed by atoms with van der Waals surface area (Å²) in [4.78, 5) is 12.0. The lowest BCUT2D eigenvalue weighted by Crippen LogP contribution is -2.73. The number of hydrogen-bond donors (Lipinski definition) is 8. The Morgan fingerprint density at radius 1 is 0.968 bits per heavy atom. The minimum atomic E-state index is -2.73. The van der Waals surface area contributed by atoms with E-state index >= 15 is 0 Å². The van der Waals surface area contributed by atoms with Crippen molar-refractivity contribution in [2.24, 2.45) is 0 Å². The van der Waals surface area contributed by atoms with Crippen molar-refractivity contribution >= 4 is 5.97 Å². The summed E-state index contributed by atoms with van der Waals surface area (Å²) in [7, 11) is 0. The summed E-state index contributed by atoms with van der Waals surface area (Å²) < 4.78 is 10.5. The molecule has 0 bridgehead atoms. The molecule has 8 N–H and O–H groups in total. The molecular formula is C20H34O11. The maximum Gasteiger partial charge on any atom is 0.378 e. The first-order chi connectivity index (χ1) is 14.6. The van der Waals surface area contributed by atoms with Crippen molar-refractivity contribution < 1.29 is 55.1 Å². The number of aliphatic hydroxyl groups is 8. The van der Waals surface area contributed by atoms with Crippen LogP contribution in [0.4, 0.5) is 0 Å². The number of esters is 1. The summed E-state index contributed by atoms with van der Waals surface area (Å²) >= 11 is 0. The van der Waals surface area contributed by atoms with Gasteiger partial charge in [0.15, 0.2) is 11.4 Å². The smallest absolute Gasteiger partial charge is 0.378 e. The Labute approximate surface area is 180 Å². The van der Waals surface area contributed by atoms with Crippen LogP contribution in [-0.4, -0.2) is 102 Å². The van der Waals surface area contributed by atoms with Crippen LogP contribution in [-0.2, 0) is 14.3 Å². The molecule has 0 amide bonds. The highest BCUT2D eigenvalue weighted by Crippen LogP contribution is 2.47. The number of unbranched alkanes of at least 4 members (excludes halogenated alkanes) is 5. The first kappa shape index (κ1) is 25.8. The van der Waals surface area contributed by atoms with Crippen molar-refractivity contribution in [3.05, 3.63) is 11.5 Å². The molecule has 11 nitrogen and oxygen atoms in total. The van der Waals surface area contributed by atoms with Crippen molar-refractivity contribution in [1.82, 2.24) is 0 Å². The minimum absolute atomic E-state index is 0.229. The van der Waals surface area contributed by atoms with Crippen LogP contribution in [0, 0.1) is 0 Å². The molecule has 1 unspecified atom stereocenters. The first-order valence-electron chi connectivity index (χ1n) is 10.6. The largest absolute Gasteiger partial charge is 0.505 e. The molecule has 0 aromatic carbocycles. The van der Waals surface area contributed by atoms with Gasteiger partial charge in [-0.15, -0.1) is 0 Å². The molecule has 31 heavy (non-hydrogen) atoms. The van der Waals surface area contributed by atoms with Gasteiger partial charge in [-0.25, -0.2) is 4.79 Å². The first-order valence-corrected chi connectivity index (χ1v) is 10.6. The number of aliphatic hydroxyl groups excluding tert-OH is 7. The second kappa shape index (κ2) is 10.4. The predicted octanol–water partition coefficient (Wildman–Crippen LogP) is -1.07. The lowest BCUT2D eigenvalue weighted by molar-refractivity contribution is -0.306. The van der Waals surface area contributed by atoms with Crippen molar-refractivity contribution in [2.75, 3.05) is 13.2 Å². The van der Waals surface area contributed by atoms with Gasteiger partial charge >= 0.3 is 5.97 Å². The van der Waals surface area contributed by atoms with Gasteiger partial charge in [0, 0.05) is 0 Å². The Bertz CT molecular complexity index is 651. The molecule has 0 saturated carbocycles. The van der Waals surface area contributed by atoms with Crippen LogP contribution in [0.5, 0.6) is 0 Å². The average molecular weight is 450 g/mol. The zero-order chi connectivity index (χ0) is 23.4. The molecule has 2 heterocycles. The van der Waals surface area contributed by atoms with E-state index in [1.165, 1.54) is 0 Å². The second-order valence-electron chi connectivity index (χ2n) is 8.26. The molecule has 2 aliphatic heterocycles. The molecule has 2 aliphatic rings. The summed E-state index contributed by atoms with van der Waals surface area (Å²) in [5, 5.41) is 82.0. The van der Waals surface area contributed by atoms with E-state index in [0.717, 1.165) is 25.7 Å². The maximum atomic E-state index is 12.0. The molecule has 2 rings (SSSR count). The van der Waals surface area contributed by atoms with E-state index in [1.54, 1.807) is 0 Å². The van der Waals surface area contributed by atoms with Crippen LogP contribution in [0.15, 0.2) is 11.5 Å². The molecule has 180 valence electrons. The number of hydrogen-bond acceptors (Lipinski definition) is 11. The van der Waals surface area contributed by atoms with E-state index in [-0.39, 0.29) is 6.42 Å². The fraction of sp³-hybridized carbons (Fsp3) is 0.850. The molecule has 0 radical (unpaired) electrons. The van der Waals surface area contributed by atoms with E-state index in [9.17, 15) is 45.6 Å². The number of rotatable bonds is 11. The molecule has 0 aromatic rings. The van der Waals surface area contributed by atoms with Crippen LogP contribution in [0.25, 0.3) is 0 Å². The Morgan fingerprint density at radius 2 is 1.58 bits per heavy atom. The van der Waals surface area contributed by atoms with E-state index in [1.807, 2.05) is 0 Å². The van der Waals surface area contributed by atoms with Gasteiger partial charge in [0.2, 0.25) is 11.4 Å². The monoisotopic (exact) mass is 450 g/mol. The third-order valence-electron chi connectivity index (χ3n) is 6.25. The topological polar surface area (TPSA) is 197 Å². The summed E-state index contributed by atoms with van der Waals surface area (Å²) in [6.07, 6.45) is -4.35. The lowest BCUT2D eigenvalue weighted by atomic mass is 9.71. The van der Waals surface area contributed by atoms with Gasteiger partial charge in [0.25, 0.3) is 0 Å². The van der Waals surface area contributed by atoms with E-state index in [2.05, 4.69) is 6.92 Å². The fourth-order valence-corrected chi connectivity index (χ4v) is 4.32. The van der Waals surface area contributed by atoms with Crippen LogP contribution in [0.2, 0.25) is 0 Å². The molecule has 1 fully saturated rings. The van der Waals surface area contributed by atoms with Crippen molar-refractivity contribution in [3.63, 3.8) is 0 Å². The number of ether oxygens (including phenoxy) is 2. The predicted molar refractivity (Wildman–Crippen MR) is 105 cm³/mol. The molecular weight excluding hydrogens is 416 g/mol. The number of carbonyl (C=O) groups excluding carboxylic acids is 1. The summed E-state index contributed by atoms with van der Waals surface area (Å²) in [6.45, 7) is 0.0524. The number of carbonyl (C=O) groups is 1. The lowest BCUT2D eigenvalue weighted by Gasteiger charge is -2.51. The van der Waals surface area contributed by atoms with Gasteiger partial charge in [-0.1, -0.05) is 39.0 Å². The molecule has 0 aliphatic carbocycles. The van der Waals surface area contributed by atoms with Gasteiger partial charge in [0.05, 0.1) is 13.2 Å². The number of cyclic esters (lactones) is 1. The van der Waals surface area contributed by atoms with Gasteiger partial charge in [0.1, 0.15) is 30.5 Å². The quantitative estimate of drug-likeness (QED) is 0.141. The van der Waals surface area contributed by atoms with Crippen LogP contribution >= 0.6 is 0 Å². The van der Waals surface area contributed by atoms with E-state index in [4.69, 9.17) is 9.47 Å². The third kappa shape index (κ3) is 4.54. The second-order valence-corrected chi connectivity index (χ2v) is 8.26. The summed E-state index contributed by atoms with van der Waals surface area (Å²) in [5.41, 5.74) is -5.10. The SMILES string of the molecule is CCCCCCCC[C@]1([C@@](O)(CO)C2O[C@H](CO)[C@@H](O)[C@H](O)[C@H]2O)OC(=O)C(O)=C1O. The molecule has 7 atom stereocenters. The Morgan fingerprint density at radius 3 is 2.10 bits per heavy atom. The molecule has 0 spiro atoms. The zero-order valence-corrected chi connectivity index (χ0v) is 17.6. The van der Waals surface area contributed by atoms with Crippen LogP contribution in [0.1, 0.15) is 51.9 Å². The van der Waals surface area contributed by atoms with Gasteiger partial charge in [-0.2, -0.15) is 0 Å². The molecule has 11 heteroatoms.